The molecule has 2 aliphatic rings. The van der Waals surface area contributed by atoms with Gasteiger partial charge in [0.15, 0.2) is 11.6 Å². The maximum Gasteiger partial charge on any atom is 0.341 e. The SMILES string of the molecule is CC1(CN)CN(c2c(F)c(N)c3c(=O)c(C(=O)O)cn(C4CC4)c3c2F)CC1=NOCc1ccccc1. The van der Waals surface area contributed by atoms with Gasteiger partial charge < -0.3 is 30.9 Å². The molecule has 1 aliphatic carbocycles. The Bertz CT molecular complexity index is 1490. The molecule has 1 atom stereocenters. The third kappa shape index (κ3) is 4.18. The number of aromatic nitrogens is 1. The molecule has 5 N–H and O–H groups in total. The lowest BCUT2D eigenvalue weighted by Gasteiger charge is -2.25. The minimum Gasteiger partial charge on any atom is -0.477 e. The third-order valence-corrected chi connectivity index (χ3v) is 7.13. The van der Waals surface area contributed by atoms with E-state index in [9.17, 15) is 14.7 Å². The van der Waals surface area contributed by atoms with E-state index in [2.05, 4.69) is 5.16 Å². The molecule has 11 heteroatoms. The van der Waals surface area contributed by atoms with Crippen LogP contribution in [0.3, 0.4) is 0 Å². The molecule has 37 heavy (non-hydrogen) atoms. The second-order valence-corrected chi connectivity index (χ2v) is 9.85. The van der Waals surface area contributed by atoms with E-state index in [4.69, 9.17) is 16.3 Å². The Labute approximate surface area is 210 Å². The topological polar surface area (TPSA) is 136 Å². The summed E-state index contributed by atoms with van der Waals surface area (Å²) in [4.78, 5) is 31.5. The zero-order valence-electron chi connectivity index (χ0n) is 20.2. The number of hydrogen-bond donors (Lipinski definition) is 3. The Morgan fingerprint density at radius 3 is 2.57 bits per heavy atom. The lowest BCUT2D eigenvalue weighted by molar-refractivity contribution is 0.0694. The Balaban J connectivity index is 1.59. The number of pyridine rings is 1. The third-order valence-electron chi connectivity index (χ3n) is 7.13. The summed E-state index contributed by atoms with van der Waals surface area (Å²) in [5.41, 5.74) is 9.97. The number of carbonyl (C=O) groups is 1. The van der Waals surface area contributed by atoms with Gasteiger partial charge in [-0.2, -0.15) is 0 Å². The van der Waals surface area contributed by atoms with Crippen molar-refractivity contribution in [3.8, 4) is 0 Å². The van der Waals surface area contributed by atoms with Crippen LogP contribution in [0.15, 0.2) is 46.5 Å². The van der Waals surface area contributed by atoms with Gasteiger partial charge in [-0.3, -0.25) is 4.79 Å². The quantitative estimate of drug-likeness (QED) is 0.327. The summed E-state index contributed by atoms with van der Waals surface area (Å²) in [5, 5.41) is 13.3. The number of oxime groups is 1. The van der Waals surface area contributed by atoms with Gasteiger partial charge in [0, 0.05) is 30.7 Å². The summed E-state index contributed by atoms with van der Waals surface area (Å²) >= 11 is 0. The van der Waals surface area contributed by atoms with Crippen LogP contribution in [-0.2, 0) is 11.4 Å². The van der Waals surface area contributed by atoms with E-state index in [0.717, 1.165) is 11.8 Å². The highest BCUT2D eigenvalue weighted by Crippen LogP contribution is 2.43. The molecule has 9 nitrogen and oxygen atoms in total. The number of anilines is 2. The van der Waals surface area contributed by atoms with Gasteiger partial charge in [-0.1, -0.05) is 42.4 Å². The fraction of sp³-hybridized carbons (Fsp3) is 0.346. The number of rotatable bonds is 7. The summed E-state index contributed by atoms with van der Waals surface area (Å²) in [6.45, 7) is 2.37. The number of halogens is 2. The van der Waals surface area contributed by atoms with Crippen LogP contribution < -0.4 is 21.8 Å². The number of fused-ring (bicyclic) bond motifs is 1. The van der Waals surface area contributed by atoms with Gasteiger partial charge in [-0.25, -0.2) is 13.6 Å². The number of carboxylic acids is 1. The largest absolute Gasteiger partial charge is 0.477 e. The van der Waals surface area contributed by atoms with Crippen molar-refractivity contribution in [3.05, 3.63) is 69.5 Å². The van der Waals surface area contributed by atoms with Crippen molar-refractivity contribution < 1.29 is 23.5 Å². The number of aromatic carboxylic acids is 1. The van der Waals surface area contributed by atoms with Crippen LogP contribution in [-0.4, -0.2) is 41.0 Å². The minimum absolute atomic E-state index is 0.0299. The van der Waals surface area contributed by atoms with Crippen molar-refractivity contribution >= 4 is 34.0 Å². The molecule has 1 saturated carbocycles. The molecule has 0 bridgehead atoms. The van der Waals surface area contributed by atoms with Crippen molar-refractivity contribution in [2.75, 3.05) is 30.3 Å². The molecule has 0 spiro atoms. The number of benzene rings is 2. The Morgan fingerprint density at radius 1 is 1.24 bits per heavy atom. The van der Waals surface area contributed by atoms with E-state index in [1.54, 1.807) is 0 Å². The van der Waals surface area contributed by atoms with Gasteiger partial charge in [0.05, 0.1) is 28.8 Å². The summed E-state index contributed by atoms with van der Waals surface area (Å²) < 4.78 is 33.2. The highest BCUT2D eigenvalue weighted by molar-refractivity contribution is 6.02. The summed E-state index contributed by atoms with van der Waals surface area (Å²) in [6.07, 6.45) is 2.47. The predicted octanol–water partition coefficient (Wildman–Crippen LogP) is 3.25. The monoisotopic (exact) mass is 511 g/mol. The standard InChI is InChI=1S/C26H27F2N5O4/c1-26(12-29)13-32(10-17(26)31-37-11-14-5-3-2-4-6-14)23-19(27)21(30)18-22(20(23)28)33(15-7-8-15)9-16(24(18)34)25(35)36/h2-6,9,15H,7-8,10-13,29-30H2,1H3,(H,35,36). The first kappa shape index (κ1) is 24.7. The van der Waals surface area contributed by atoms with E-state index < -0.39 is 50.8 Å². The van der Waals surface area contributed by atoms with Crippen LogP contribution in [0.25, 0.3) is 10.9 Å². The molecular weight excluding hydrogens is 484 g/mol. The van der Waals surface area contributed by atoms with E-state index in [1.807, 2.05) is 37.3 Å². The molecule has 194 valence electrons. The zero-order valence-corrected chi connectivity index (χ0v) is 20.2. The average Bonchev–Trinajstić information content (AvgIpc) is 3.67. The van der Waals surface area contributed by atoms with Crippen LogP contribution in [0.4, 0.5) is 20.2 Å². The van der Waals surface area contributed by atoms with Crippen LogP contribution in [0.1, 0.15) is 41.7 Å². The maximum atomic E-state index is 16.1. The normalized spacial score (nSPS) is 20.6. The molecule has 1 saturated heterocycles. The lowest BCUT2D eigenvalue weighted by Crippen LogP contribution is -2.36. The van der Waals surface area contributed by atoms with Gasteiger partial charge in [-0.15, -0.1) is 0 Å². The molecule has 3 aromatic rings. The molecule has 1 unspecified atom stereocenters. The summed E-state index contributed by atoms with van der Waals surface area (Å²) in [6, 6.07) is 9.22. The van der Waals surface area contributed by atoms with Crippen LogP contribution >= 0.6 is 0 Å². The summed E-state index contributed by atoms with van der Waals surface area (Å²) in [7, 11) is 0. The number of carboxylic acid groups (broad SMARTS) is 1. The Hall–Kier alpha value is -3.99. The molecule has 2 heterocycles. The van der Waals surface area contributed by atoms with Gasteiger partial charge in [-0.05, 0) is 18.4 Å². The Kier molecular flexibility index (Phi) is 6.10. The minimum atomic E-state index is -1.49. The van der Waals surface area contributed by atoms with Gasteiger partial charge >= 0.3 is 5.97 Å². The fourth-order valence-corrected chi connectivity index (χ4v) is 4.80. The van der Waals surface area contributed by atoms with Crippen molar-refractivity contribution in [1.29, 1.82) is 0 Å². The molecule has 0 radical (unpaired) electrons. The molecule has 2 aromatic carbocycles. The molecule has 2 fully saturated rings. The average molecular weight is 512 g/mol. The highest BCUT2D eigenvalue weighted by atomic mass is 19.1. The number of nitrogens with two attached hydrogens (primary N) is 2. The molecular formula is C26H27F2N5O4. The number of nitrogen functional groups attached to an aromatic ring is 1. The van der Waals surface area contributed by atoms with E-state index >= 15 is 8.78 Å². The van der Waals surface area contributed by atoms with E-state index in [-0.39, 0.29) is 37.8 Å². The second kappa shape index (κ2) is 9.15. The van der Waals surface area contributed by atoms with E-state index in [1.165, 1.54) is 9.47 Å². The lowest BCUT2D eigenvalue weighted by atomic mass is 9.88. The van der Waals surface area contributed by atoms with Gasteiger partial charge in [0.25, 0.3) is 0 Å². The first-order valence-corrected chi connectivity index (χ1v) is 11.9. The first-order chi connectivity index (χ1) is 17.7. The Morgan fingerprint density at radius 2 is 1.95 bits per heavy atom. The number of nitrogens with zero attached hydrogens (tertiary/aromatic N) is 3. The maximum absolute atomic E-state index is 16.1. The molecule has 1 aromatic heterocycles. The first-order valence-electron chi connectivity index (χ1n) is 11.9. The van der Waals surface area contributed by atoms with Crippen LogP contribution in [0.5, 0.6) is 0 Å². The van der Waals surface area contributed by atoms with Crippen molar-refractivity contribution in [3.63, 3.8) is 0 Å². The predicted molar refractivity (Wildman–Crippen MR) is 136 cm³/mol. The van der Waals surface area contributed by atoms with Crippen LogP contribution in [0.2, 0.25) is 0 Å². The van der Waals surface area contributed by atoms with Crippen molar-refractivity contribution in [2.45, 2.75) is 32.4 Å². The van der Waals surface area contributed by atoms with Gasteiger partial charge in [0.1, 0.15) is 17.9 Å². The highest BCUT2D eigenvalue weighted by Gasteiger charge is 2.43. The summed E-state index contributed by atoms with van der Waals surface area (Å²) in [5.74, 6) is -3.59. The molecule has 5 rings (SSSR count). The van der Waals surface area contributed by atoms with Crippen molar-refractivity contribution in [1.82, 2.24) is 4.57 Å². The van der Waals surface area contributed by atoms with Crippen molar-refractivity contribution in [2.24, 2.45) is 16.3 Å². The zero-order chi connectivity index (χ0) is 26.5. The second-order valence-electron chi connectivity index (χ2n) is 9.85. The van der Waals surface area contributed by atoms with Crippen LogP contribution in [0, 0.1) is 17.0 Å². The molecule has 1 aliphatic heterocycles. The number of hydrogen-bond acceptors (Lipinski definition) is 7. The van der Waals surface area contributed by atoms with E-state index in [0.29, 0.717) is 18.6 Å². The molecule has 0 amide bonds. The smallest absolute Gasteiger partial charge is 0.341 e. The fourth-order valence-electron chi connectivity index (χ4n) is 4.80. The van der Waals surface area contributed by atoms with Gasteiger partial charge in [0.2, 0.25) is 5.43 Å².